The lowest BCUT2D eigenvalue weighted by atomic mass is 9.97. The van der Waals surface area contributed by atoms with E-state index < -0.39 is 4.92 Å². The highest BCUT2D eigenvalue weighted by Gasteiger charge is 2.27. The molecule has 0 bridgehead atoms. The number of halogens is 2. The second-order valence-electron chi connectivity index (χ2n) is 7.48. The minimum atomic E-state index is -0.577. The van der Waals surface area contributed by atoms with Crippen LogP contribution in [0.1, 0.15) is 12.8 Å². The second kappa shape index (κ2) is 9.50. The third-order valence-electron chi connectivity index (χ3n) is 5.32. The number of hydrogen-bond donors (Lipinski definition) is 1. The summed E-state index contributed by atoms with van der Waals surface area (Å²) in [6, 6.07) is 15.4. The average molecular weight is 472 g/mol. The molecule has 1 aliphatic rings. The summed E-state index contributed by atoms with van der Waals surface area (Å²) in [4.78, 5) is 25.3. The molecular weight excluding hydrogens is 453 g/mol. The second-order valence-corrected chi connectivity index (χ2v) is 8.33. The number of hydrogen-bond acceptors (Lipinski definition) is 6. The van der Waals surface area contributed by atoms with Gasteiger partial charge in [-0.2, -0.15) is 0 Å². The molecule has 1 N–H and O–H groups in total. The van der Waals surface area contributed by atoms with Gasteiger partial charge in [0, 0.05) is 35.4 Å². The fourth-order valence-corrected chi connectivity index (χ4v) is 3.95. The van der Waals surface area contributed by atoms with Crippen LogP contribution in [-0.4, -0.2) is 34.1 Å². The van der Waals surface area contributed by atoms with E-state index in [1.165, 1.54) is 12.1 Å². The van der Waals surface area contributed by atoms with Crippen molar-refractivity contribution >= 4 is 46.3 Å². The van der Waals surface area contributed by atoms with Gasteiger partial charge in [0.1, 0.15) is 5.02 Å². The molecule has 2 aromatic carbocycles. The number of carbonyl (C=O) groups excluding carboxylic acids is 1. The highest BCUT2D eigenvalue weighted by Crippen LogP contribution is 2.29. The molecule has 2 heterocycles. The first-order valence-corrected chi connectivity index (χ1v) is 10.8. The molecule has 3 aromatic rings. The number of carbonyl (C=O) groups is 1. The first-order valence-electron chi connectivity index (χ1n) is 10.00. The van der Waals surface area contributed by atoms with Crippen molar-refractivity contribution in [3.8, 4) is 11.3 Å². The Morgan fingerprint density at radius 1 is 1.09 bits per heavy atom. The molecule has 1 aliphatic heterocycles. The van der Waals surface area contributed by atoms with Gasteiger partial charge in [-0.3, -0.25) is 14.9 Å². The summed E-state index contributed by atoms with van der Waals surface area (Å²) < 4.78 is 0. The van der Waals surface area contributed by atoms with Crippen LogP contribution in [0.25, 0.3) is 11.3 Å². The maximum Gasteiger partial charge on any atom is 0.289 e. The number of rotatable bonds is 5. The Morgan fingerprint density at radius 2 is 1.88 bits per heavy atom. The summed E-state index contributed by atoms with van der Waals surface area (Å²) in [6.45, 7) is 1.25. The van der Waals surface area contributed by atoms with Crippen LogP contribution in [0.5, 0.6) is 0 Å². The van der Waals surface area contributed by atoms with Crippen molar-refractivity contribution in [2.45, 2.75) is 12.8 Å². The fraction of sp³-hybridized carbons (Fsp3) is 0.227. The van der Waals surface area contributed by atoms with Crippen LogP contribution in [0.2, 0.25) is 10.0 Å². The van der Waals surface area contributed by atoms with Crippen LogP contribution in [0, 0.1) is 16.0 Å². The van der Waals surface area contributed by atoms with Crippen molar-refractivity contribution in [3.05, 3.63) is 74.8 Å². The zero-order chi connectivity index (χ0) is 22.7. The van der Waals surface area contributed by atoms with E-state index in [1.54, 1.807) is 18.2 Å². The summed E-state index contributed by atoms with van der Waals surface area (Å²) in [7, 11) is 0. The van der Waals surface area contributed by atoms with Gasteiger partial charge in [0.25, 0.3) is 5.69 Å². The van der Waals surface area contributed by atoms with Crippen LogP contribution in [-0.2, 0) is 4.79 Å². The SMILES string of the molecule is O=C(Nc1ccc(Cl)c([N+](=O)[O-])c1)C1CCCN(c2ccc(-c3ccc(Cl)cc3)nn2)C1. The zero-order valence-electron chi connectivity index (χ0n) is 16.9. The molecule has 1 aromatic heterocycles. The lowest BCUT2D eigenvalue weighted by molar-refractivity contribution is -0.384. The minimum absolute atomic E-state index is 0.0254. The largest absolute Gasteiger partial charge is 0.354 e. The van der Waals surface area contributed by atoms with Gasteiger partial charge in [0.15, 0.2) is 5.82 Å². The molecule has 0 aliphatic carbocycles. The normalized spacial score (nSPS) is 15.9. The number of benzene rings is 2. The number of nitrogens with zero attached hydrogens (tertiary/aromatic N) is 4. The molecule has 1 fully saturated rings. The third-order valence-corrected chi connectivity index (χ3v) is 5.89. The van der Waals surface area contributed by atoms with Crippen molar-refractivity contribution < 1.29 is 9.72 Å². The van der Waals surface area contributed by atoms with E-state index in [-0.39, 0.29) is 22.5 Å². The molecule has 10 heteroatoms. The van der Waals surface area contributed by atoms with Crippen LogP contribution in [0.3, 0.4) is 0 Å². The summed E-state index contributed by atoms with van der Waals surface area (Å²) in [5.41, 5.74) is 1.75. The van der Waals surface area contributed by atoms with Crippen LogP contribution in [0.4, 0.5) is 17.2 Å². The molecule has 0 saturated carbocycles. The number of anilines is 2. The molecule has 1 atom stereocenters. The highest BCUT2D eigenvalue weighted by molar-refractivity contribution is 6.32. The summed E-state index contributed by atoms with van der Waals surface area (Å²) >= 11 is 11.8. The number of nitro groups is 1. The number of piperidine rings is 1. The molecule has 4 rings (SSSR count). The number of aromatic nitrogens is 2. The maximum atomic E-state index is 12.8. The lowest BCUT2D eigenvalue weighted by Crippen LogP contribution is -2.41. The lowest BCUT2D eigenvalue weighted by Gasteiger charge is -2.32. The van der Waals surface area contributed by atoms with Gasteiger partial charge in [-0.05, 0) is 49.2 Å². The Kier molecular flexibility index (Phi) is 6.53. The summed E-state index contributed by atoms with van der Waals surface area (Å²) in [5, 5.41) is 23.2. The quantitative estimate of drug-likeness (QED) is 0.404. The molecular formula is C22H19Cl2N5O3. The topological polar surface area (TPSA) is 101 Å². The average Bonchev–Trinajstić information content (AvgIpc) is 2.81. The molecule has 32 heavy (non-hydrogen) atoms. The number of nitro benzene ring substituents is 1. The molecule has 0 radical (unpaired) electrons. The van der Waals surface area contributed by atoms with E-state index in [0.29, 0.717) is 29.5 Å². The fourth-order valence-electron chi connectivity index (χ4n) is 3.64. The Labute approximate surface area is 194 Å². The predicted octanol–water partition coefficient (Wildman–Crippen LogP) is 5.21. The summed E-state index contributed by atoms with van der Waals surface area (Å²) in [6.07, 6.45) is 1.54. The van der Waals surface area contributed by atoms with E-state index in [4.69, 9.17) is 23.2 Å². The van der Waals surface area contributed by atoms with Crippen molar-refractivity contribution in [2.24, 2.45) is 5.92 Å². The molecule has 0 spiro atoms. The van der Waals surface area contributed by atoms with Gasteiger partial charge < -0.3 is 10.2 Å². The first kappa shape index (κ1) is 22.0. The minimum Gasteiger partial charge on any atom is -0.354 e. The van der Waals surface area contributed by atoms with Crippen molar-refractivity contribution in [1.82, 2.24) is 10.2 Å². The Hall–Kier alpha value is -3.23. The first-order chi connectivity index (χ1) is 15.4. The summed E-state index contributed by atoms with van der Waals surface area (Å²) in [5.74, 6) is 0.218. The third kappa shape index (κ3) is 4.98. The maximum absolute atomic E-state index is 12.8. The van der Waals surface area contributed by atoms with Gasteiger partial charge >= 0.3 is 0 Å². The van der Waals surface area contributed by atoms with Crippen LogP contribution in [0.15, 0.2) is 54.6 Å². The molecule has 1 saturated heterocycles. The van der Waals surface area contributed by atoms with Crippen LogP contribution < -0.4 is 10.2 Å². The Morgan fingerprint density at radius 3 is 2.56 bits per heavy atom. The Bertz CT molecular complexity index is 1140. The highest BCUT2D eigenvalue weighted by atomic mass is 35.5. The van der Waals surface area contributed by atoms with Crippen molar-refractivity contribution in [2.75, 3.05) is 23.3 Å². The molecule has 1 amide bonds. The van der Waals surface area contributed by atoms with Gasteiger partial charge in [-0.1, -0.05) is 35.3 Å². The van der Waals surface area contributed by atoms with Gasteiger partial charge in [-0.15, -0.1) is 10.2 Å². The van der Waals surface area contributed by atoms with Gasteiger partial charge in [0.2, 0.25) is 5.91 Å². The van der Waals surface area contributed by atoms with Crippen molar-refractivity contribution in [1.29, 1.82) is 0 Å². The van der Waals surface area contributed by atoms with E-state index in [9.17, 15) is 14.9 Å². The predicted molar refractivity (Wildman–Crippen MR) is 124 cm³/mol. The smallest absolute Gasteiger partial charge is 0.289 e. The number of amides is 1. The van der Waals surface area contributed by atoms with E-state index in [1.807, 2.05) is 29.2 Å². The van der Waals surface area contributed by atoms with E-state index in [2.05, 4.69) is 15.5 Å². The Balaban J connectivity index is 1.43. The van der Waals surface area contributed by atoms with Crippen LogP contribution >= 0.6 is 23.2 Å². The van der Waals surface area contributed by atoms with Gasteiger partial charge in [0.05, 0.1) is 16.5 Å². The molecule has 8 nitrogen and oxygen atoms in total. The standard InChI is InChI=1S/C22H19Cl2N5O3/c23-16-5-3-14(4-6-16)19-9-10-21(27-26-19)28-11-1-2-15(13-28)22(30)25-17-7-8-18(24)20(12-17)29(31)32/h3-10,12,15H,1-2,11,13H2,(H,25,30). The van der Waals surface area contributed by atoms with E-state index >= 15 is 0 Å². The molecule has 1 unspecified atom stereocenters. The monoisotopic (exact) mass is 471 g/mol. The van der Waals surface area contributed by atoms with E-state index in [0.717, 1.165) is 24.2 Å². The number of nitrogens with one attached hydrogen (secondary N) is 1. The zero-order valence-corrected chi connectivity index (χ0v) is 18.4. The van der Waals surface area contributed by atoms with Gasteiger partial charge in [-0.25, -0.2) is 0 Å². The molecule has 164 valence electrons. The van der Waals surface area contributed by atoms with Crippen molar-refractivity contribution in [3.63, 3.8) is 0 Å².